The first kappa shape index (κ1) is 21.6. The Morgan fingerprint density at radius 3 is 2.74 bits per heavy atom. The summed E-state index contributed by atoms with van der Waals surface area (Å²) in [6, 6.07) is 11.4. The topological polar surface area (TPSA) is 83.8 Å². The summed E-state index contributed by atoms with van der Waals surface area (Å²) in [5.74, 6) is 0.361. The molecule has 2 aromatic heterocycles. The highest BCUT2D eigenvalue weighted by molar-refractivity contribution is 6.01. The second-order valence-corrected chi connectivity index (χ2v) is 7.94. The highest BCUT2D eigenvalue weighted by Gasteiger charge is 2.30. The number of amides is 2. The van der Waals surface area contributed by atoms with E-state index >= 15 is 0 Å². The van der Waals surface area contributed by atoms with Crippen molar-refractivity contribution < 1.29 is 18.3 Å². The van der Waals surface area contributed by atoms with Gasteiger partial charge >= 0.3 is 6.03 Å². The normalized spacial score (nSPS) is 15.5. The molecule has 0 spiro atoms. The molecule has 1 saturated heterocycles. The number of fused-ring (bicyclic) bond motifs is 1. The van der Waals surface area contributed by atoms with E-state index in [-0.39, 0.29) is 6.04 Å². The average Bonchev–Trinajstić information content (AvgIpc) is 3.48. The summed E-state index contributed by atoms with van der Waals surface area (Å²) in [6.07, 6.45) is 4.74. The van der Waals surface area contributed by atoms with E-state index < -0.39 is 17.7 Å². The van der Waals surface area contributed by atoms with Crippen molar-refractivity contribution in [3.8, 4) is 5.75 Å². The third-order valence-electron chi connectivity index (χ3n) is 5.81. The Balaban J connectivity index is 1.38. The lowest BCUT2D eigenvalue weighted by Crippen LogP contribution is -2.25. The zero-order valence-electron chi connectivity index (χ0n) is 18.3. The van der Waals surface area contributed by atoms with Gasteiger partial charge in [0.2, 0.25) is 0 Å². The minimum Gasteiger partial charge on any atom is -0.497 e. The molecule has 4 aromatic rings. The Hall–Kier alpha value is -4.21. The summed E-state index contributed by atoms with van der Waals surface area (Å²) in [5, 5.41) is 9.75. The molecule has 8 nitrogen and oxygen atoms in total. The number of ether oxygens (including phenoxy) is 1. The second kappa shape index (κ2) is 8.97. The van der Waals surface area contributed by atoms with Crippen molar-refractivity contribution >= 4 is 28.9 Å². The lowest BCUT2D eigenvalue weighted by Gasteiger charge is -2.26. The minimum absolute atomic E-state index is 0.310. The predicted octanol–water partition coefficient (Wildman–Crippen LogP) is 5.00. The van der Waals surface area contributed by atoms with E-state index in [1.165, 1.54) is 12.3 Å². The van der Waals surface area contributed by atoms with Crippen molar-refractivity contribution in [2.75, 3.05) is 29.2 Å². The van der Waals surface area contributed by atoms with E-state index in [2.05, 4.69) is 20.7 Å². The van der Waals surface area contributed by atoms with Crippen LogP contribution < -0.4 is 20.3 Å². The summed E-state index contributed by atoms with van der Waals surface area (Å²) >= 11 is 0. The van der Waals surface area contributed by atoms with Crippen molar-refractivity contribution in [1.82, 2.24) is 14.6 Å². The van der Waals surface area contributed by atoms with Crippen LogP contribution in [-0.2, 0) is 0 Å². The van der Waals surface area contributed by atoms with Crippen molar-refractivity contribution in [2.45, 2.75) is 18.9 Å². The molecule has 2 amide bonds. The zero-order chi connectivity index (χ0) is 23.7. The molecule has 1 fully saturated rings. The van der Waals surface area contributed by atoms with Gasteiger partial charge in [-0.05, 0) is 61.4 Å². The van der Waals surface area contributed by atoms with Gasteiger partial charge in [0, 0.05) is 24.0 Å². The van der Waals surface area contributed by atoms with Crippen molar-refractivity contribution in [3.05, 3.63) is 78.1 Å². The molecule has 174 valence electrons. The maximum atomic E-state index is 14.5. The van der Waals surface area contributed by atoms with Crippen molar-refractivity contribution in [1.29, 1.82) is 0 Å². The van der Waals surface area contributed by atoms with Gasteiger partial charge in [0.15, 0.2) is 5.65 Å². The van der Waals surface area contributed by atoms with E-state index in [1.54, 1.807) is 48.2 Å². The molecule has 1 aliphatic heterocycles. The number of benzene rings is 2. The SMILES string of the molecule is COc1ccc(NC(=O)Nc2cnn3ccc(N4CCC[C@@H]4c4cc(F)ccc4F)nc23)cc1. The van der Waals surface area contributed by atoms with E-state index in [1.807, 2.05) is 4.90 Å². The van der Waals surface area contributed by atoms with Crippen LogP contribution in [0.2, 0.25) is 0 Å². The molecule has 34 heavy (non-hydrogen) atoms. The van der Waals surface area contributed by atoms with Crippen LogP contribution in [-0.4, -0.2) is 34.3 Å². The molecule has 1 aliphatic rings. The van der Waals surface area contributed by atoms with Crippen LogP contribution in [0.5, 0.6) is 5.75 Å². The number of hydrogen-bond donors (Lipinski definition) is 2. The second-order valence-electron chi connectivity index (χ2n) is 7.94. The summed E-state index contributed by atoms with van der Waals surface area (Å²) in [5.41, 5.74) is 1.76. The Morgan fingerprint density at radius 1 is 1.12 bits per heavy atom. The quantitative estimate of drug-likeness (QED) is 0.434. The number of rotatable bonds is 5. The van der Waals surface area contributed by atoms with Crippen LogP contribution in [0.25, 0.3) is 5.65 Å². The fourth-order valence-corrected chi connectivity index (χ4v) is 4.20. The summed E-state index contributed by atoms with van der Waals surface area (Å²) in [4.78, 5) is 19.1. The van der Waals surface area contributed by atoms with Gasteiger partial charge in [0.1, 0.15) is 28.9 Å². The third-order valence-corrected chi connectivity index (χ3v) is 5.81. The first-order chi connectivity index (χ1) is 16.5. The van der Waals surface area contributed by atoms with Gasteiger partial charge in [-0.3, -0.25) is 0 Å². The largest absolute Gasteiger partial charge is 0.497 e. The predicted molar refractivity (Wildman–Crippen MR) is 124 cm³/mol. The third kappa shape index (κ3) is 4.21. The van der Waals surface area contributed by atoms with Gasteiger partial charge in [-0.1, -0.05) is 0 Å². The molecule has 0 aliphatic carbocycles. The lowest BCUT2D eigenvalue weighted by atomic mass is 10.0. The van der Waals surface area contributed by atoms with Crippen LogP contribution in [0.15, 0.2) is 60.9 Å². The number of aromatic nitrogens is 3. The number of nitrogens with one attached hydrogen (secondary N) is 2. The van der Waals surface area contributed by atoms with E-state index in [0.29, 0.717) is 47.1 Å². The first-order valence-electron chi connectivity index (χ1n) is 10.8. The summed E-state index contributed by atoms with van der Waals surface area (Å²) in [6.45, 7) is 0.651. The zero-order valence-corrected chi connectivity index (χ0v) is 18.3. The van der Waals surface area contributed by atoms with Gasteiger partial charge in [-0.25, -0.2) is 23.1 Å². The molecular formula is C24H22F2N6O2. The maximum absolute atomic E-state index is 14.5. The fraction of sp³-hybridized carbons (Fsp3) is 0.208. The standard InChI is InChI=1S/C24H22F2N6O2/c1-34-17-7-5-16(6-8-17)28-24(33)29-20-14-27-32-12-10-22(30-23(20)32)31-11-2-3-21(31)18-13-15(25)4-9-19(18)26/h4-10,12-14,21H,2-3,11H2,1H3,(H2,28,29,33)/t21-/m1/s1. The number of urea groups is 1. The molecule has 0 bridgehead atoms. The number of hydrogen-bond acceptors (Lipinski definition) is 5. The average molecular weight is 464 g/mol. The van der Waals surface area contributed by atoms with E-state index in [4.69, 9.17) is 4.74 Å². The maximum Gasteiger partial charge on any atom is 0.323 e. The molecule has 3 heterocycles. The van der Waals surface area contributed by atoms with Crippen molar-refractivity contribution in [3.63, 3.8) is 0 Å². The molecule has 0 saturated carbocycles. The molecule has 1 atom stereocenters. The summed E-state index contributed by atoms with van der Waals surface area (Å²) in [7, 11) is 1.57. The number of methoxy groups -OCH3 is 1. The molecule has 2 aromatic carbocycles. The number of carbonyl (C=O) groups excluding carboxylic acids is 1. The Morgan fingerprint density at radius 2 is 1.94 bits per heavy atom. The van der Waals surface area contributed by atoms with Gasteiger partial charge in [-0.15, -0.1) is 0 Å². The fourth-order valence-electron chi connectivity index (χ4n) is 4.20. The van der Waals surface area contributed by atoms with Crippen LogP contribution in [0.1, 0.15) is 24.4 Å². The van der Waals surface area contributed by atoms with Crippen LogP contribution in [0.3, 0.4) is 0 Å². The van der Waals surface area contributed by atoms with E-state index in [9.17, 15) is 13.6 Å². The first-order valence-corrected chi connectivity index (χ1v) is 10.8. The molecule has 0 unspecified atom stereocenters. The smallest absolute Gasteiger partial charge is 0.323 e. The lowest BCUT2D eigenvalue weighted by molar-refractivity contribution is 0.262. The molecule has 5 rings (SSSR count). The number of halogens is 2. The van der Waals surface area contributed by atoms with Crippen LogP contribution >= 0.6 is 0 Å². The highest BCUT2D eigenvalue weighted by Crippen LogP contribution is 2.37. The molecule has 2 N–H and O–H groups in total. The highest BCUT2D eigenvalue weighted by atomic mass is 19.1. The van der Waals surface area contributed by atoms with E-state index in [0.717, 1.165) is 18.6 Å². The van der Waals surface area contributed by atoms with Crippen molar-refractivity contribution in [2.24, 2.45) is 0 Å². The Labute approximate surface area is 194 Å². The Kier molecular flexibility index (Phi) is 5.70. The molecule has 10 heteroatoms. The van der Waals surface area contributed by atoms with Crippen LogP contribution in [0.4, 0.5) is 30.8 Å². The number of carbonyl (C=O) groups is 1. The number of anilines is 3. The molecule has 0 radical (unpaired) electrons. The Bertz CT molecular complexity index is 1340. The van der Waals surface area contributed by atoms with Gasteiger partial charge in [0.25, 0.3) is 0 Å². The van der Waals surface area contributed by atoms with Gasteiger partial charge in [0.05, 0.1) is 19.3 Å². The van der Waals surface area contributed by atoms with Crippen LogP contribution in [0, 0.1) is 11.6 Å². The number of nitrogens with zero attached hydrogens (tertiary/aromatic N) is 4. The monoisotopic (exact) mass is 464 g/mol. The van der Waals surface area contributed by atoms with Gasteiger partial charge < -0.3 is 20.3 Å². The summed E-state index contributed by atoms with van der Waals surface area (Å²) < 4.78 is 34.9. The van der Waals surface area contributed by atoms with Gasteiger partial charge in [-0.2, -0.15) is 5.10 Å². The molecular weight excluding hydrogens is 442 g/mol. The minimum atomic E-state index is -0.475.